The molecular weight excluding hydrogens is 438 g/mol. The van der Waals surface area contributed by atoms with Gasteiger partial charge in [-0.05, 0) is 24.1 Å². The zero-order chi connectivity index (χ0) is 23.5. The van der Waals surface area contributed by atoms with Gasteiger partial charge in [0.25, 0.3) is 5.91 Å². The molecule has 3 amide bonds. The van der Waals surface area contributed by atoms with Crippen molar-refractivity contribution < 1.29 is 29.0 Å². The second-order valence-corrected chi connectivity index (χ2v) is 7.67. The SMILES string of the molecule is NC(N)=NC(=O)CCc1ccc(C(=O)NC[C@H](NC(=O)OCc2ccccc2)C(=O)O)s1. The van der Waals surface area contributed by atoms with E-state index in [2.05, 4.69) is 15.6 Å². The van der Waals surface area contributed by atoms with Crippen molar-refractivity contribution in [2.75, 3.05) is 6.54 Å². The second-order valence-electron chi connectivity index (χ2n) is 6.50. The fourth-order valence-corrected chi connectivity index (χ4v) is 3.38. The number of aliphatic carboxylic acids is 1. The minimum Gasteiger partial charge on any atom is -0.480 e. The summed E-state index contributed by atoms with van der Waals surface area (Å²) in [5.74, 6) is -2.62. The van der Waals surface area contributed by atoms with Gasteiger partial charge >= 0.3 is 12.1 Å². The van der Waals surface area contributed by atoms with E-state index in [-0.39, 0.29) is 25.5 Å². The fraction of sp³-hybridized carbons (Fsp3) is 0.250. The van der Waals surface area contributed by atoms with Crippen molar-refractivity contribution in [1.82, 2.24) is 10.6 Å². The number of ether oxygens (including phenoxy) is 1. The van der Waals surface area contributed by atoms with E-state index in [1.54, 1.807) is 36.4 Å². The Hall–Kier alpha value is -3.93. The van der Waals surface area contributed by atoms with Gasteiger partial charge in [-0.1, -0.05) is 30.3 Å². The summed E-state index contributed by atoms with van der Waals surface area (Å²) in [5, 5.41) is 14.0. The number of hydrogen-bond acceptors (Lipinski definition) is 6. The maximum atomic E-state index is 12.3. The van der Waals surface area contributed by atoms with Crippen LogP contribution in [0.1, 0.15) is 26.5 Å². The summed E-state index contributed by atoms with van der Waals surface area (Å²) in [4.78, 5) is 51.6. The molecule has 0 bridgehead atoms. The lowest BCUT2D eigenvalue weighted by Crippen LogP contribution is -2.48. The predicted octanol–water partition coefficient (Wildman–Crippen LogP) is 0.590. The molecule has 11 nitrogen and oxygen atoms in total. The summed E-state index contributed by atoms with van der Waals surface area (Å²) >= 11 is 1.15. The molecule has 0 aliphatic carbocycles. The Morgan fingerprint density at radius 3 is 2.47 bits per heavy atom. The molecular formula is C20H23N5O6S. The lowest BCUT2D eigenvalue weighted by molar-refractivity contribution is -0.139. The normalized spacial score (nSPS) is 11.1. The van der Waals surface area contributed by atoms with Crippen LogP contribution in [0.15, 0.2) is 47.5 Å². The summed E-state index contributed by atoms with van der Waals surface area (Å²) in [7, 11) is 0. The summed E-state index contributed by atoms with van der Waals surface area (Å²) in [6.07, 6.45) is -0.491. The first kappa shape index (κ1) is 24.3. The number of carboxylic acid groups (broad SMARTS) is 1. The number of carbonyl (C=O) groups excluding carboxylic acids is 3. The third-order valence-electron chi connectivity index (χ3n) is 3.99. The number of alkyl carbamates (subject to hydrolysis) is 1. The molecule has 1 atom stereocenters. The average molecular weight is 462 g/mol. The highest BCUT2D eigenvalue weighted by atomic mass is 32.1. The van der Waals surface area contributed by atoms with Crippen LogP contribution in [0.4, 0.5) is 4.79 Å². The van der Waals surface area contributed by atoms with Gasteiger partial charge in [-0.25, -0.2) is 9.59 Å². The number of benzene rings is 1. The Balaban J connectivity index is 1.81. The van der Waals surface area contributed by atoms with Crippen LogP contribution >= 0.6 is 11.3 Å². The van der Waals surface area contributed by atoms with Crippen molar-refractivity contribution in [3.05, 3.63) is 57.8 Å². The summed E-state index contributed by atoms with van der Waals surface area (Å²) in [5.41, 5.74) is 11.0. The first-order valence-corrected chi connectivity index (χ1v) is 10.3. The molecule has 0 saturated heterocycles. The highest BCUT2D eigenvalue weighted by Gasteiger charge is 2.22. The molecule has 2 aromatic rings. The highest BCUT2D eigenvalue weighted by molar-refractivity contribution is 7.14. The molecule has 12 heteroatoms. The van der Waals surface area contributed by atoms with Gasteiger partial charge in [0.15, 0.2) is 5.96 Å². The number of hydrogen-bond donors (Lipinski definition) is 5. The molecule has 0 aliphatic rings. The number of guanidine groups is 1. The van der Waals surface area contributed by atoms with Crippen molar-refractivity contribution >= 4 is 41.2 Å². The second kappa shape index (κ2) is 12.1. The van der Waals surface area contributed by atoms with Crippen LogP contribution < -0.4 is 22.1 Å². The van der Waals surface area contributed by atoms with E-state index in [1.165, 1.54) is 0 Å². The smallest absolute Gasteiger partial charge is 0.408 e. The van der Waals surface area contributed by atoms with Crippen molar-refractivity contribution in [2.45, 2.75) is 25.5 Å². The van der Waals surface area contributed by atoms with E-state index in [9.17, 15) is 24.3 Å². The molecule has 7 N–H and O–H groups in total. The number of nitrogens with one attached hydrogen (secondary N) is 2. The van der Waals surface area contributed by atoms with Gasteiger partial charge in [0, 0.05) is 17.8 Å². The van der Waals surface area contributed by atoms with E-state index in [0.29, 0.717) is 11.3 Å². The monoisotopic (exact) mass is 461 g/mol. The fourth-order valence-electron chi connectivity index (χ4n) is 2.45. The van der Waals surface area contributed by atoms with Crippen LogP contribution in [0.3, 0.4) is 0 Å². The molecule has 0 saturated carbocycles. The lowest BCUT2D eigenvalue weighted by Gasteiger charge is -2.15. The zero-order valence-corrected chi connectivity index (χ0v) is 17.8. The van der Waals surface area contributed by atoms with Crippen molar-refractivity contribution in [3.8, 4) is 0 Å². The lowest BCUT2D eigenvalue weighted by atomic mass is 10.2. The Kier molecular flexibility index (Phi) is 9.17. The summed E-state index contributed by atoms with van der Waals surface area (Å²) < 4.78 is 5.00. The van der Waals surface area contributed by atoms with Gasteiger partial charge in [0.05, 0.1) is 4.88 Å². The largest absolute Gasteiger partial charge is 0.480 e. The van der Waals surface area contributed by atoms with Gasteiger partial charge in [-0.15, -0.1) is 11.3 Å². The number of amides is 3. The number of nitrogens with zero attached hydrogens (tertiary/aromatic N) is 1. The third-order valence-corrected chi connectivity index (χ3v) is 5.14. The molecule has 170 valence electrons. The van der Waals surface area contributed by atoms with Crippen LogP contribution in [0.5, 0.6) is 0 Å². The number of aliphatic imine (C=N–C) groups is 1. The Morgan fingerprint density at radius 2 is 1.81 bits per heavy atom. The van der Waals surface area contributed by atoms with Gasteiger partial charge in [0.2, 0.25) is 5.91 Å². The van der Waals surface area contributed by atoms with E-state index in [4.69, 9.17) is 16.2 Å². The number of rotatable bonds is 10. The number of carbonyl (C=O) groups is 4. The van der Waals surface area contributed by atoms with E-state index in [1.807, 2.05) is 6.07 Å². The standard InChI is InChI=1S/C20H23N5O6S/c21-19(22)25-16(26)9-7-13-6-8-15(32-13)17(27)23-10-14(18(28)29)24-20(30)31-11-12-4-2-1-3-5-12/h1-6,8,14H,7,9-11H2,(H,23,27)(H,24,30)(H,28,29)(H4,21,22,25,26)/t14-/m0/s1. The summed E-state index contributed by atoms with van der Waals surface area (Å²) in [6.45, 7) is -0.361. The molecule has 1 heterocycles. The van der Waals surface area contributed by atoms with Crippen LogP contribution in [0.25, 0.3) is 0 Å². The molecule has 1 aromatic heterocycles. The third kappa shape index (κ3) is 8.44. The molecule has 0 unspecified atom stereocenters. The number of carboxylic acids is 1. The van der Waals surface area contributed by atoms with E-state index < -0.39 is 29.9 Å². The summed E-state index contributed by atoms with van der Waals surface area (Å²) in [6, 6.07) is 10.7. The van der Waals surface area contributed by atoms with Crippen molar-refractivity contribution in [3.63, 3.8) is 0 Å². The van der Waals surface area contributed by atoms with Gasteiger partial charge in [-0.3, -0.25) is 9.59 Å². The van der Waals surface area contributed by atoms with Crippen LogP contribution in [-0.4, -0.2) is 47.5 Å². The quantitative estimate of drug-likeness (QED) is 0.251. The molecule has 32 heavy (non-hydrogen) atoms. The maximum absolute atomic E-state index is 12.3. The first-order chi connectivity index (χ1) is 15.2. The van der Waals surface area contributed by atoms with Gasteiger partial charge in [-0.2, -0.15) is 4.99 Å². The van der Waals surface area contributed by atoms with Crippen LogP contribution in [-0.2, 0) is 27.4 Å². The maximum Gasteiger partial charge on any atom is 0.408 e. The number of thiophene rings is 1. The first-order valence-electron chi connectivity index (χ1n) is 9.44. The number of aryl methyl sites for hydroxylation is 1. The van der Waals surface area contributed by atoms with Crippen molar-refractivity contribution in [1.29, 1.82) is 0 Å². The van der Waals surface area contributed by atoms with Crippen LogP contribution in [0, 0.1) is 0 Å². The average Bonchev–Trinajstić information content (AvgIpc) is 3.23. The topological polar surface area (TPSA) is 186 Å². The van der Waals surface area contributed by atoms with Gasteiger partial charge < -0.3 is 31.9 Å². The molecule has 0 spiro atoms. The van der Waals surface area contributed by atoms with E-state index in [0.717, 1.165) is 21.8 Å². The Bertz CT molecular complexity index is 987. The van der Waals surface area contributed by atoms with Crippen LogP contribution in [0.2, 0.25) is 0 Å². The van der Waals surface area contributed by atoms with E-state index >= 15 is 0 Å². The number of nitrogens with two attached hydrogens (primary N) is 2. The Labute approximate surface area is 187 Å². The minimum atomic E-state index is -1.38. The zero-order valence-electron chi connectivity index (χ0n) is 16.9. The minimum absolute atomic E-state index is 0.0188. The van der Waals surface area contributed by atoms with Crippen molar-refractivity contribution in [2.24, 2.45) is 16.5 Å². The van der Waals surface area contributed by atoms with Gasteiger partial charge in [0.1, 0.15) is 12.6 Å². The molecule has 1 aromatic carbocycles. The molecule has 0 radical (unpaired) electrons. The molecule has 2 rings (SSSR count). The molecule has 0 fully saturated rings. The molecule has 0 aliphatic heterocycles. The highest BCUT2D eigenvalue weighted by Crippen LogP contribution is 2.18. The Morgan fingerprint density at radius 1 is 1.09 bits per heavy atom. The predicted molar refractivity (Wildman–Crippen MR) is 117 cm³/mol.